The molecule has 1 saturated carbocycles. The van der Waals surface area contributed by atoms with E-state index in [1.54, 1.807) is 0 Å². The normalized spacial score (nSPS) is 28.1. The first kappa shape index (κ1) is 21.7. The molecule has 26 heavy (non-hydrogen) atoms. The number of likely N-dealkylation sites (tertiary alicyclic amines) is 1. The highest BCUT2D eigenvalue weighted by atomic mass is 19.1. The molecule has 1 aliphatic carbocycles. The molecule has 2 fully saturated rings. The second kappa shape index (κ2) is 9.03. The lowest BCUT2D eigenvalue weighted by molar-refractivity contribution is -0.123. The number of amides is 1. The Morgan fingerprint density at radius 3 is 2.46 bits per heavy atom. The van der Waals surface area contributed by atoms with E-state index in [4.69, 9.17) is 0 Å². The van der Waals surface area contributed by atoms with Crippen molar-refractivity contribution < 1.29 is 9.18 Å². The maximum absolute atomic E-state index is 15.0. The molecule has 1 aliphatic heterocycles. The van der Waals surface area contributed by atoms with E-state index in [1.165, 1.54) is 19.3 Å². The minimum atomic E-state index is -1.22. The van der Waals surface area contributed by atoms with E-state index in [1.807, 2.05) is 0 Å². The van der Waals surface area contributed by atoms with E-state index < -0.39 is 5.67 Å². The summed E-state index contributed by atoms with van der Waals surface area (Å²) >= 11 is 0. The van der Waals surface area contributed by atoms with Crippen molar-refractivity contribution in [1.82, 2.24) is 10.2 Å². The van der Waals surface area contributed by atoms with Gasteiger partial charge in [-0.1, -0.05) is 47.5 Å². The first-order chi connectivity index (χ1) is 12.1. The van der Waals surface area contributed by atoms with Crippen LogP contribution in [0, 0.1) is 23.2 Å². The number of hydrogen-bond donors (Lipinski definition) is 1. The van der Waals surface area contributed by atoms with Crippen LogP contribution in [-0.2, 0) is 4.79 Å². The van der Waals surface area contributed by atoms with Crippen molar-refractivity contribution in [3.63, 3.8) is 0 Å². The summed E-state index contributed by atoms with van der Waals surface area (Å²) < 4.78 is 15.0. The number of piperidine rings is 1. The number of alkyl halides is 1. The number of hydrogen-bond acceptors (Lipinski definition) is 2. The summed E-state index contributed by atoms with van der Waals surface area (Å²) in [6.45, 7) is 14.1. The van der Waals surface area contributed by atoms with Gasteiger partial charge in [0.1, 0.15) is 5.67 Å². The second-order valence-corrected chi connectivity index (χ2v) is 10.3. The quantitative estimate of drug-likeness (QED) is 0.700. The zero-order chi connectivity index (χ0) is 19.4. The van der Waals surface area contributed by atoms with Crippen LogP contribution < -0.4 is 5.32 Å². The summed E-state index contributed by atoms with van der Waals surface area (Å²) in [6, 6.07) is 0. The maximum atomic E-state index is 15.0. The number of nitrogens with one attached hydrogen (secondary N) is 1. The van der Waals surface area contributed by atoms with Crippen LogP contribution in [0.1, 0.15) is 79.6 Å². The molecule has 1 heterocycles. The molecule has 3 nitrogen and oxygen atoms in total. The molecule has 1 unspecified atom stereocenters. The average Bonchev–Trinajstić information content (AvgIpc) is 2.98. The van der Waals surface area contributed by atoms with Gasteiger partial charge < -0.3 is 10.2 Å². The first-order valence-corrected chi connectivity index (χ1v) is 10.8. The Labute approximate surface area is 160 Å². The van der Waals surface area contributed by atoms with Crippen LogP contribution in [-0.4, -0.2) is 42.7 Å². The molecule has 1 amide bonds. The Bertz CT molecular complexity index is 452. The molecule has 3 atom stereocenters. The van der Waals surface area contributed by atoms with Crippen molar-refractivity contribution in [3.05, 3.63) is 0 Å². The Morgan fingerprint density at radius 2 is 1.92 bits per heavy atom. The van der Waals surface area contributed by atoms with Crippen LogP contribution in [0.5, 0.6) is 0 Å². The summed E-state index contributed by atoms with van der Waals surface area (Å²) in [5, 5.41) is 2.90. The van der Waals surface area contributed by atoms with Crippen molar-refractivity contribution in [1.29, 1.82) is 0 Å². The zero-order valence-corrected chi connectivity index (χ0v) is 17.7. The van der Waals surface area contributed by atoms with E-state index >= 15 is 4.39 Å². The summed E-state index contributed by atoms with van der Waals surface area (Å²) in [6.07, 6.45) is 6.57. The van der Waals surface area contributed by atoms with Gasteiger partial charge in [-0.15, -0.1) is 0 Å². The summed E-state index contributed by atoms with van der Waals surface area (Å²) in [7, 11) is 0. The molecule has 0 bridgehead atoms. The van der Waals surface area contributed by atoms with Gasteiger partial charge in [0.2, 0.25) is 5.91 Å². The monoisotopic (exact) mass is 368 g/mol. The van der Waals surface area contributed by atoms with Crippen LogP contribution in [0.2, 0.25) is 0 Å². The smallest absolute Gasteiger partial charge is 0.220 e. The molecule has 1 N–H and O–H groups in total. The third-order valence-electron chi connectivity index (χ3n) is 6.70. The molecule has 152 valence electrons. The SMILES string of the molecule is CC(CC(=O)NCC1(F)CCN(CCC(C)(C)C)CC1)[C@H]1CCC[C@H]1C. The highest BCUT2D eigenvalue weighted by Crippen LogP contribution is 2.37. The summed E-state index contributed by atoms with van der Waals surface area (Å²) in [4.78, 5) is 14.7. The lowest BCUT2D eigenvalue weighted by Crippen LogP contribution is -2.48. The van der Waals surface area contributed by atoms with Crippen molar-refractivity contribution in [2.75, 3.05) is 26.2 Å². The van der Waals surface area contributed by atoms with Crippen LogP contribution in [0.4, 0.5) is 4.39 Å². The number of carbonyl (C=O) groups excluding carboxylic acids is 1. The molecular weight excluding hydrogens is 327 g/mol. The van der Waals surface area contributed by atoms with Gasteiger partial charge in [0.25, 0.3) is 0 Å². The van der Waals surface area contributed by atoms with Crippen molar-refractivity contribution in [3.8, 4) is 0 Å². The van der Waals surface area contributed by atoms with E-state index in [0.717, 1.165) is 32.0 Å². The van der Waals surface area contributed by atoms with Crippen molar-refractivity contribution in [2.24, 2.45) is 23.2 Å². The third kappa shape index (κ3) is 6.83. The van der Waals surface area contributed by atoms with Crippen LogP contribution in [0.25, 0.3) is 0 Å². The van der Waals surface area contributed by atoms with Gasteiger partial charge in [0.15, 0.2) is 0 Å². The minimum Gasteiger partial charge on any atom is -0.353 e. The Hall–Kier alpha value is -0.640. The Kier molecular flexibility index (Phi) is 7.52. The highest BCUT2D eigenvalue weighted by Gasteiger charge is 2.35. The standard InChI is InChI=1S/C22H41FN2O/c1-17-7-6-8-19(17)18(2)15-20(26)24-16-22(23)10-13-25(14-11-22)12-9-21(3,4)5/h17-19H,6-16H2,1-5H3,(H,24,26)/t17-,18?,19+/m1/s1. The lowest BCUT2D eigenvalue weighted by Gasteiger charge is -2.37. The molecule has 0 aromatic heterocycles. The van der Waals surface area contributed by atoms with Gasteiger partial charge in [-0.05, 0) is 55.4 Å². The van der Waals surface area contributed by atoms with Gasteiger partial charge in [0, 0.05) is 19.5 Å². The van der Waals surface area contributed by atoms with Gasteiger partial charge in [-0.25, -0.2) is 4.39 Å². The Morgan fingerprint density at radius 1 is 1.27 bits per heavy atom. The average molecular weight is 369 g/mol. The zero-order valence-electron chi connectivity index (χ0n) is 17.7. The molecule has 4 heteroatoms. The predicted octanol–water partition coefficient (Wildman–Crippen LogP) is 4.81. The van der Waals surface area contributed by atoms with Gasteiger partial charge in [0.05, 0.1) is 6.54 Å². The molecule has 0 spiro atoms. The number of halogens is 1. The molecule has 2 aliphatic rings. The fourth-order valence-corrected chi connectivity index (χ4v) is 4.64. The predicted molar refractivity (Wildman–Crippen MR) is 107 cm³/mol. The third-order valence-corrected chi connectivity index (χ3v) is 6.70. The summed E-state index contributed by atoms with van der Waals surface area (Å²) in [5.41, 5.74) is -0.899. The molecule has 0 aromatic rings. The first-order valence-electron chi connectivity index (χ1n) is 10.8. The topological polar surface area (TPSA) is 32.3 Å². The van der Waals surface area contributed by atoms with E-state index in [-0.39, 0.29) is 12.5 Å². The van der Waals surface area contributed by atoms with Crippen LogP contribution in [0.3, 0.4) is 0 Å². The Balaban J connectivity index is 1.68. The van der Waals surface area contributed by atoms with Crippen LogP contribution >= 0.6 is 0 Å². The molecule has 0 aromatic carbocycles. The van der Waals surface area contributed by atoms with E-state index in [0.29, 0.717) is 36.5 Å². The van der Waals surface area contributed by atoms with E-state index in [9.17, 15) is 4.79 Å². The highest BCUT2D eigenvalue weighted by molar-refractivity contribution is 5.76. The number of nitrogens with zero attached hydrogens (tertiary/aromatic N) is 1. The lowest BCUT2D eigenvalue weighted by atomic mass is 9.84. The van der Waals surface area contributed by atoms with Gasteiger partial charge in [-0.2, -0.15) is 0 Å². The van der Waals surface area contributed by atoms with Crippen molar-refractivity contribution >= 4 is 5.91 Å². The number of carbonyl (C=O) groups is 1. The minimum absolute atomic E-state index is 0.0313. The number of rotatable bonds is 7. The largest absolute Gasteiger partial charge is 0.353 e. The molecule has 1 saturated heterocycles. The van der Waals surface area contributed by atoms with Crippen molar-refractivity contribution in [2.45, 2.75) is 85.2 Å². The fraction of sp³-hybridized carbons (Fsp3) is 0.955. The van der Waals surface area contributed by atoms with Gasteiger partial charge >= 0.3 is 0 Å². The second-order valence-electron chi connectivity index (χ2n) is 10.3. The summed E-state index contributed by atoms with van der Waals surface area (Å²) in [5.74, 6) is 1.82. The maximum Gasteiger partial charge on any atom is 0.220 e. The molecule has 0 radical (unpaired) electrons. The van der Waals surface area contributed by atoms with Gasteiger partial charge in [-0.3, -0.25) is 4.79 Å². The molecular formula is C22H41FN2O. The fourth-order valence-electron chi connectivity index (χ4n) is 4.64. The van der Waals surface area contributed by atoms with Crippen LogP contribution in [0.15, 0.2) is 0 Å². The van der Waals surface area contributed by atoms with E-state index in [2.05, 4.69) is 44.8 Å². The molecule has 2 rings (SSSR count).